The van der Waals surface area contributed by atoms with Gasteiger partial charge in [0.2, 0.25) is 5.91 Å². The molecule has 0 spiro atoms. The van der Waals surface area contributed by atoms with E-state index in [0.717, 1.165) is 25.1 Å². The fraction of sp³-hybridized carbons (Fsp3) is 0.500. The van der Waals surface area contributed by atoms with Gasteiger partial charge in [-0.25, -0.2) is 0 Å². The Balaban J connectivity index is 1.72. The van der Waals surface area contributed by atoms with Crippen molar-refractivity contribution in [3.05, 3.63) is 30.1 Å². The van der Waals surface area contributed by atoms with Crippen LogP contribution in [0, 0.1) is 0 Å². The maximum Gasteiger partial charge on any atom is 0.224 e. The van der Waals surface area contributed by atoms with Gasteiger partial charge in [-0.15, -0.1) is 0 Å². The molecule has 1 fully saturated rings. The molecule has 1 aliphatic rings. The largest absolute Gasteiger partial charge is 0.354 e. The van der Waals surface area contributed by atoms with Crippen LogP contribution in [0.1, 0.15) is 18.4 Å². The summed E-state index contributed by atoms with van der Waals surface area (Å²) in [5, 5.41) is 6.30. The van der Waals surface area contributed by atoms with Crippen LogP contribution in [0.15, 0.2) is 24.5 Å². The number of rotatable bonds is 4. The molecule has 2 heterocycles. The van der Waals surface area contributed by atoms with Crippen molar-refractivity contribution >= 4 is 5.91 Å². The first-order valence-corrected chi connectivity index (χ1v) is 5.73. The van der Waals surface area contributed by atoms with E-state index in [1.165, 1.54) is 6.42 Å². The molecule has 1 aromatic rings. The Bertz CT molecular complexity index is 333. The number of hydrogen-bond acceptors (Lipinski definition) is 3. The monoisotopic (exact) mass is 219 g/mol. The number of carbonyl (C=O) groups is 1. The zero-order valence-electron chi connectivity index (χ0n) is 9.28. The highest BCUT2D eigenvalue weighted by Crippen LogP contribution is 2.03. The van der Waals surface area contributed by atoms with Crippen molar-refractivity contribution in [3.63, 3.8) is 0 Å². The first-order chi connectivity index (χ1) is 7.84. The number of nitrogens with zero attached hydrogens (tertiary/aromatic N) is 1. The van der Waals surface area contributed by atoms with Crippen molar-refractivity contribution in [1.29, 1.82) is 0 Å². The molecule has 0 aliphatic carbocycles. The first kappa shape index (κ1) is 11.1. The summed E-state index contributed by atoms with van der Waals surface area (Å²) < 4.78 is 0. The van der Waals surface area contributed by atoms with Crippen molar-refractivity contribution in [2.24, 2.45) is 0 Å². The van der Waals surface area contributed by atoms with E-state index in [9.17, 15) is 4.79 Å². The Hall–Kier alpha value is -1.42. The van der Waals surface area contributed by atoms with Gasteiger partial charge >= 0.3 is 0 Å². The molecule has 0 aromatic carbocycles. The van der Waals surface area contributed by atoms with E-state index in [4.69, 9.17) is 0 Å². The highest BCUT2D eigenvalue weighted by atomic mass is 16.1. The van der Waals surface area contributed by atoms with Crippen molar-refractivity contribution < 1.29 is 4.79 Å². The summed E-state index contributed by atoms with van der Waals surface area (Å²) in [6, 6.07) is 4.20. The molecular formula is C12H17N3O. The molecule has 0 saturated carbocycles. The predicted molar refractivity (Wildman–Crippen MR) is 62.0 cm³/mol. The molecule has 4 heteroatoms. The van der Waals surface area contributed by atoms with E-state index in [1.807, 2.05) is 12.1 Å². The van der Waals surface area contributed by atoms with E-state index in [-0.39, 0.29) is 5.91 Å². The third-order valence-electron chi connectivity index (χ3n) is 2.82. The molecule has 2 N–H and O–H groups in total. The molecule has 4 nitrogen and oxygen atoms in total. The highest BCUT2D eigenvalue weighted by molar-refractivity contribution is 5.78. The number of nitrogens with one attached hydrogen (secondary N) is 2. The van der Waals surface area contributed by atoms with Crippen LogP contribution in [-0.2, 0) is 11.2 Å². The number of pyridine rings is 1. The van der Waals surface area contributed by atoms with Gasteiger partial charge < -0.3 is 10.6 Å². The van der Waals surface area contributed by atoms with Crippen molar-refractivity contribution in [3.8, 4) is 0 Å². The molecule has 16 heavy (non-hydrogen) atoms. The van der Waals surface area contributed by atoms with Gasteiger partial charge in [-0.3, -0.25) is 9.78 Å². The molecule has 1 saturated heterocycles. The molecule has 1 aliphatic heterocycles. The lowest BCUT2D eigenvalue weighted by Gasteiger charge is -2.11. The van der Waals surface area contributed by atoms with Crippen molar-refractivity contribution in [2.45, 2.75) is 25.3 Å². The van der Waals surface area contributed by atoms with Crippen LogP contribution in [0.2, 0.25) is 0 Å². The first-order valence-electron chi connectivity index (χ1n) is 5.73. The van der Waals surface area contributed by atoms with Gasteiger partial charge in [0.1, 0.15) is 0 Å². The molecule has 2 rings (SSSR count). The second-order valence-electron chi connectivity index (χ2n) is 4.13. The lowest BCUT2D eigenvalue weighted by molar-refractivity contribution is -0.120. The van der Waals surface area contributed by atoms with Crippen LogP contribution in [0.25, 0.3) is 0 Å². The fourth-order valence-corrected chi connectivity index (χ4v) is 1.92. The topological polar surface area (TPSA) is 54.0 Å². The minimum atomic E-state index is 0.0832. The number of amides is 1. The Morgan fingerprint density at radius 3 is 3.00 bits per heavy atom. The molecule has 1 aromatic heterocycles. The van der Waals surface area contributed by atoms with Crippen molar-refractivity contribution in [2.75, 3.05) is 13.1 Å². The maximum atomic E-state index is 11.6. The molecule has 0 radical (unpaired) electrons. The molecule has 86 valence electrons. The summed E-state index contributed by atoms with van der Waals surface area (Å²) >= 11 is 0. The molecule has 1 amide bonds. The summed E-state index contributed by atoms with van der Waals surface area (Å²) in [5.74, 6) is 0.0832. The summed E-state index contributed by atoms with van der Waals surface area (Å²) in [6.07, 6.45) is 6.23. The van der Waals surface area contributed by atoms with Gasteiger partial charge in [0.15, 0.2) is 0 Å². The Morgan fingerprint density at radius 2 is 2.31 bits per heavy atom. The minimum Gasteiger partial charge on any atom is -0.354 e. The second kappa shape index (κ2) is 5.61. The zero-order valence-corrected chi connectivity index (χ0v) is 9.28. The molecule has 1 atom stereocenters. The minimum absolute atomic E-state index is 0.0832. The third-order valence-corrected chi connectivity index (χ3v) is 2.82. The van der Waals surface area contributed by atoms with Gasteiger partial charge in [-0.2, -0.15) is 0 Å². The fourth-order valence-electron chi connectivity index (χ4n) is 1.92. The SMILES string of the molecule is O=C(Cc1ccncc1)NCC1CCCN1. The third kappa shape index (κ3) is 3.31. The smallest absolute Gasteiger partial charge is 0.224 e. The average molecular weight is 219 g/mol. The van der Waals surface area contributed by atoms with E-state index >= 15 is 0 Å². The zero-order chi connectivity index (χ0) is 11.2. The van der Waals surface area contributed by atoms with E-state index in [0.29, 0.717) is 12.5 Å². The van der Waals surface area contributed by atoms with Crippen LogP contribution in [0.5, 0.6) is 0 Å². The standard InChI is InChI=1S/C12H17N3O/c16-12(8-10-3-6-13-7-4-10)15-9-11-2-1-5-14-11/h3-4,6-7,11,14H,1-2,5,8-9H2,(H,15,16). The van der Waals surface area contributed by atoms with E-state index in [1.54, 1.807) is 12.4 Å². The Morgan fingerprint density at radius 1 is 1.50 bits per heavy atom. The second-order valence-corrected chi connectivity index (χ2v) is 4.13. The van der Waals surface area contributed by atoms with E-state index in [2.05, 4.69) is 15.6 Å². The Kier molecular flexibility index (Phi) is 3.88. The lowest BCUT2D eigenvalue weighted by Crippen LogP contribution is -2.37. The predicted octanol–water partition coefficient (Wildman–Crippen LogP) is 0.492. The van der Waals surface area contributed by atoms with Crippen LogP contribution in [0.4, 0.5) is 0 Å². The molecular weight excluding hydrogens is 202 g/mol. The van der Waals surface area contributed by atoms with E-state index < -0.39 is 0 Å². The van der Waals surface area contributed by atoms with Gasteiger partial charge in [-0.1, -0.05) is 0 Å². The molecule has 1 unspecified atom stereocenters. The molecule has 0 bridgehead atoms. The highest BCUT2D eigenvalue weighted by Gasteiger charge is 2.14. The van der Waals surface area contributed by atoms with Gasteiger partial charge in [0, 0.05) is 25.0 Å². The Labute approximate surface area is 95.5 Å². The summed E-state index contributed by atoms with van der Waals surface area (Å²) in [5.41, 5.74) is 1.01. The van der Waals surface area contributed by atoms with Crippen molar-refractivity contribution in [1.82, 2.24) is 15.6 Å². The number of hydrogen-bond donors (Lipinski definition) is 2. The summed E-state index contributed by atoms with van der Waals surface area (Å²) in [4.78, 5) is 15.5. The average Bonchev–Trinajstić information content (AvgIpc) is 2.81. The van der Waals surface area contributed by atoms with Gasteiger partial charge in [0.05, 0.1) is 6.42 Å². The number of carbonyl (C=O) groups excluding carboxylic acids is 1. The van der Waals surface area contributed by atoms with Crippen LogP contribution in [-0.4, -0.2) is 30.0 Å². The maximum absolute atomic E-state index is 11.6. The van der Waals surface area contributed by atoms with Crippen LogP contribution < -0.4 is 10.6 Å². The number of aromatic nitrogens is 1. The normalized spacial score (nSPS) is 19.6. The van der Waals surface area contributed by atoms with Gasteiger partial charge in [0.25, 0.3) is 0 Å². The summed E-state index contributed by atoms with van der Waals surface area (Å²) in [7, 11) is 0. The van der Waals surface area contributed by atoms with Crippen LogP contribution >= 0.6 is 0 Å². The summed E-state index contributed by atoms with van der Waals surface area (Å²) in [6.45, 7) is 1.81. The quantitative estimate of drug-likeness (QED) is 0.775. The van der Waals surface area contributed by atoms with Gasteiger partial charge in [-0.05, 0) is 37.1 Å². The van der Waals surface area contributed by atoms with Crippen LogP contribution in [0.3, 0.4) is 0 Å². The lowest BCUT2D eigenvalue weighted by atomic mass is 10.2.